The lowest BCUT2D eigenvalue weighted by molar-refractivity contribution is 0.399. The first kappa shape index (κ1) is 14.0. The molecule has 3 nitrogen and oxygen atoms in total. The number of hydrogen-bond acceptors (Lipinski definition) is 3. The molecule has 0 radical (unpaired) electrons. The van der Waals surface area contributed by atoms with Crippen LogP contribution in [0.4, 0.5) is 0 Å². The van der Waals surface area contributed by atoms with Crippen molar-refractivity contribution in [2.75, 3.05) is 7.11 Å². The smallest absolute Gasteiger partial charge is 0.235 e. The summed E-state index contributed by atoms with van der Waals surface area (Å²) in [5.41, 5.74) is 0.751. The van der Waals surface area contributed by atoms with E-state index in [1.54, 1.807) is 36.4 Å². The standard InChI is InChI=1S/C16H10Cl2O3/c1-20-16-14(19)11-8-9(17)6-7-13(11)21-15(16)10-4-2-3-5-12(10)18/h2-8H,1H3. The Labute approximate surface area is 130 Å². The number of hydrogen-bond donors (Lipinski definition) is 0. The fourth-order valence-electron chi connectivity index (χ4n) is 2.16. The topological polar surface area (TPSA) is 39.4 Å². The molecule has 5 heteroatoms. The van der Waals surface area contributed by atoms with Gasteiger partial charge in [0.15, 0.2) is 5.76 Å². The number of fused-ring (bicyclic) bond motifs is 1. The highest BCUT2D eigenvalue weighted by Gasteiger charge is 2.18. The maximum atomic E-state index is 12.5. The van der Waals surface area contributed by atoms with Crippen LogP contribution in [0.25, 0.3) is 22.3 Å². The van der Waals surface area contributed by atoms with Gasteiger partial charge in [-0.25, -0.2) is 0 Å². The van der Waals surface area contributed by atoms with Gasteiger partial charge >= 0.3 is 0 Å². The molecule has 106 valence electrons. The molecule has 0 aliphatic rings. The largest absolute Gasteiger partial charge is 0.490 e. The van der Waals surface area contributed by atoms with E-state index in [0.29, 0.717) is 32.3 Å². The SMILES string of the molecule is COc1c(-c2ccccc2Cl)oc2ccc(Cl)cc2c1=O. The van der Waals surface area contributed by atoms with Gasteiger partial charge in [0, 0.05) is 10.6 Å². The second kappa shape index (κ2) is 5.43. The van der Waals surface area contributed by atoms with Gasteiger partial charge in [0.25, 0.3) is 0 Å². The monoisotopic (exact) mass is 320 g/mol. The molecular weight excluding hydrogens is 311 g/mol. The van der Waals surface area contributed by atoms with Crippen LogP contribution in [-0.4, -0.2) is 7.11 Å². The second-order valence-electron chi connectivity index (χ2n) is 4.41. The summed E-state index contributed by atoms with van der Waals surface area (Å²) in [6, 6.07) is 12.0. The van der Waals surface area contributed by atoms with Crippen LogP contribution in [0.15, 0.2) is 51.7 Å². The first-order valence-corrected chi connectivity index (χ1v) is 6.92. The molecule has 1 heterocycles. The van der Waals surface area contributed by atoms with Gasteiger partial charge in [-0.1, -0.05) is 35.3 Å². The molecule has 2 aromatic carbocycles. The van der Waals surface area contributed by atoms with E-state index in [1.807, 2.05) is 6.07 Å². The van der Waals surface area contributed by atoms with Crippen LogP contribution in [0.5, 0.6) is 5.75 Å². The van der Waals surface area contributed by atoms with Crippen LogP contribution < -0.4 is 10.2 Å². The summed E-state index contributed by atoms with van der Waals surface area (Å²) in [5, 5.41) is 1.31. The van der Waals surface area contributed by atoms with Crippen molar-refractivity contribution in [3.05, 3.63) is 62.7 Å². The van der Waals surface area contributed by atoms with Gasteiger partial charge in [-0.15, -0.1) is 0 Å². The van der Waals surface area contributed by atoms with E-state index in [0.717, 1.165) is 0 Å². The quantitative estimate of drug-likeness (QED) is 0.682. The zero-order valence-corrected chi connectivity index (χ0v) is 12.5. The fraction of sp³-hybridized carbons (Fsp3) is 0.0625. The van der Waals surface area contributed by atoms with Crippen molar-refractivity contribution in [1.29, 1.82) is 0 Å². The highest BCUT2D eigenvalue weighted by Crippen LogP contribution is 2.35. The lowest BCUT2D eigenvalue weighted by Crippen LogP contribution is -2.07. The minimum absolute atomic E-state index is 0.109. The van der Waals surface area contributed by atoms with Crippen molar-refractivity contribution in [3.63, 3.8) is 0 Å². The van der Waals surface area contributed by atoms with E-state index in [-0.39, 0.29) is 11.2 Å². The van der Waals surface area contributed by atoms with Gasteiger partial charge in [-0.05, 0) is 30.3 Å². The number of rotatable bonds is 2. The maximum absolute atomic E-state index is 12.5. The summed E-state index contributed by atoms with van der Waals surface area (Å²) in [5.74, 6) is 0.417. The third-order valence-electron chi connectivity index (χ3n) is 3.13. The summed E-state index contributed by atoms with van der Waals surface area (Å²) >= 11 is 12.1. The highest BCUT2D eigenvalue weighted by molar-refractivity contribution is 6.33. The Kier molecular flexibility index (Phi) is 3.62. The molecule has 0 spiro atoms. The summed E-state index contributed by atoms with van der Waals surface area (Å²) in [6.07, 6.45) is 0. The minimum atomic E-state index is -0.281. The van der Waals surface area contributed by atoms with Crippen LogP contribution in [0, 0.1) is 0 Å². The van der Waals surface area contributed by atoms with Gasteiger partial charge in [-0.3, -0.25) is 4.79 Å². The van der Waals surface area contributed by atoms with Crippen LogP contribution in [0.2, 0.25) is 10.0 Å². The molecule has 0 N–H and O–H groups in total. The van der Waals surface area contributed by atoms with Crippen molar-refractivity contribution in [2.45, 2.75) is 0 Å². The van der Waals surface area contributed by atoms with Crippen LogP contribution >= 0.6 is 23.2 Å². The molecule has 21 heavy (non-hydrogen) atoms. The van der Waals surface area contributed by atoms with Gasteiger partial charge in [-0.2, -0.15) is 0 Å². The van der Waals surface area contributed by atoms with Gasteiger partial charge < -0.3 is 9.15 Å². The molecule has 0 unspecified atom stereocenters. The van der Waals surface area contributed by atoms with Crippen LogP contribution in [0.1, 0.15) is 0 Å². The van der Waals surface area contributed by atoms with Gasteiger partial charge in [0.2, 0.25) is 11.2 Å². The average molecular weight is 321 g/mol. The summed E-state index contributed by atoms with van der Waals surface area (Å²) in [4.78, 5) is 12.5. The Hall–Kier alpha value is -1.97. The second-order valence-corrected chi connectivity index (χ2v) is 5.26. The number of ether oxygens (including phenoxy) is 1. The molecule has 1 aromatic heterocycles. The summed E-state index contributed by atoms with van der Waals surface area (Å²) < 4.78 is 11.0. The van der Waals surface area contributed by atoms with Crippen molar-refractivity contribution >= 4 is 34.2 Å². The Bertz CT molecular complexity index is 884. The van der Waals surface area contributed by atoms with Crippen LogP contribution in [0.3, 0.4) is 0 Å². The zero-order valence-electron chi connectivity index (χ0n) is 11.0. The predicted molar refractivity (Wildman–Crippen MR) is 84.5 cm³/mol. The average Bonchev–Trinajstić information content (AvgIpc) is 2.48. The molecule has 0 atom stereocenters. The van der Waals surface area contributed by atoms with E-state index < -0.39 is 0 Å². The molecule has 0 saturated heterocycles. The normalized spacial score (nSPS) is 10.8. The molecule has 3 aromatic rings. The summed E-state index contributed by atoms with van der Waals surface area (Å²) in [7, 11) is 1.42. The van der Waals surface area contributed by atoms with Crippen molar-refractivity contribution in [1.82, 2.24) is 0 Å². The van der Waals surface area contributed by atoms with E-state index in [1.165, 1.54) is 7.11 Å². The first-order chi connectivity index (χ1) is 10.1. The Morgan fingerprint density at radius 3 is 2.57 bits per heavy atom. The molecule has 0 amide bonds. The molecule has 0 fully saturated rings. The summed E-state index contributed by atoms with van der Waals surface area (Å²) in [6.45, 7) is 0. The van der Waals surface area contributed by atoms with E-state index in [4.69, 9.17) is 32.4 Å². The van der Waals surface area contributed by atoms with Crippen molar-refractivity contribution in [3.8, 4) is 17.1 Å². The number of benzene rings is 2. The fourth-order valence-corrected chi connectivity index (χ4v) is 2.55. The van der Waals surface area contributed by atoms with E-state index in [9.17, 15) is 4.79 Å². The van der Waals surface area contributed by atoms with Gasteiger partial charge in [0.05, 0.1) is 17.5 Å². The molecule has 0 aliphatic carbocycles. The lowest BCUT2D eigenvalue weighted by atomic mass is 10.1. The highest BCUT2D eigenvalue weighted by atomic mass is 35.5. The zero-order chi connectivity index (χ0) is 15.0. The van der Waals surface area contributed by atoms with Gasteiger partial charge in [0.1, 0.15) is 5.58 Å². The Morgan fingerprint density at radius 1 is 1.10 bits per heavy atom. The molecule has 0 bridgehead atoms. The lowest BCUT2D eigenvalue weighted by Gasteiger charge is -2.10. The molecule has 3 rings (SSSR count). The maximum Gasteiger partial charge on any atom is 0.235 e. The first-order valence-electron chi connectivity index (χ1n) is 6.17. The Balaban J connectivity index is 2.41. The third kappa shape index (κ3) is 2.39. The van der Waals surface area contributed by atoms with E-state index >= 15 is 0 Å². The molecule has 0 aliphatic heterocycles. The third-order valence-corrected chi connectivity index (χ3v) is 3.70. The number of methoxy groups -OCH3 is 1. The minimum Gasteiger partial charge on any atom is -0.490 e. The van der Waals surface area contributed by atoms with E-state index in [2.05, 4.69) is 0 Å². The Morgan fingerprint density at radius 2 is 1.86 bits per heavy atom. The predicted octanol–water partition coefficient (Wildman–Crippen LogP) is 4.78. The van der Waals surface area contributed by atoms with Crippen molar-refractivity contribution in [2.24, 2.45) is 0 Å². The number of halogens is 2. The van der Waals surface area contributed by atoms with Crippen molar-refractivity contribution < 1.29 is 9.15 Å². The molecule has 0 saturated carbocycles. The van der Waals surface area contributed by atoms with Crippen LogP contribution in [-0.2, 0) is 0 Å². The molecular formula is C16H10Cl2O3.